The molecule has 1 saturated carbocycles. The lowest BCUT2D eigenvalue weighted by Gasteiger charge is -2.23. The van der Waals surface area contributed by atoms with Crippen LogP contribution in [0.3, 0.4) is 0 Å². The van der Waals surface area contributed by atoms with Gasteiger partial charge in [0.2, 0.25) is 0 Å². The molecule has 0 aliphatic heterocycles. The Morgan fingerprint density at radius 1 is 1.24 bits per heavy atom. The number of methoxy groups -OCH3 is 1. The largest absolute Gasteiger partial charge is 0.497 e. The Morgan fingerprint density at radius 2 is 1.86 bits per heavy atom. The summed E-state index contributed by atoms with van der Waals surface area (Å²) in [7, 11) is 1.65. The fourth-order valence-electron chi connectivity index (χ4n) is 2.15. The van der Waals surface area contributed by atoms with Crippen LogP contribution in [0.4, 0.5) is 4.79 Å². The van der Waals surface area contributed by atoms with Gasteiger partial charge >= 0.3 is 6.09 Å². The molecule has 1 aromatic rings. The monoisotopic (exact) mass is 292 g/mol. The lowest BCUT2D eigenvalue weighted by Crippen LogP contribution is -2.43. The van der Waals surface area contributed by atoms with Gasteiger partial charge in [0.25, 0.3) is 0 Å². The Hall–Kier alpha value is -1.75. The summed E-state index contributed by atoms with van der Waals surface area (Å²) in [6.07, 6.45) is 1.88. The minimum atomic E-state index is -0.499. The Kier molecular flexibility index (Phi) is 4.73. The maximum Gasteiger partial charge on any atom is 0.422 e. The lowest BCUT2D eigenvalue weighted by atomic mass is 10.0. The topological polar surface area (TPSA) is 59.6 Å². The summed E-state index contributed by atoms with van der Waals surface area (Å²) in [4.78, 5) is 11.7. The highest BCUT2D eigenvalue weighted by Gasteiger charge is 2.32. The zero-order valence-corrected chi connectivity index (χ0v) is 13.1. The average molecular weight is 292 g/mol. The zero-order chi connectivity index (χ0) is 15.5. The Bertz CT molecular complexity index is 475. The molecule has 1 unspecified atom stereocenters. The summed E-state index contributed by atoms with van der Waals surface area (Å²) in [5.74, 6) is 1.38. The van der Waals surface area contributed by atoms with Crippen LogP contribution in [0.2, 0.25) is 0 Å². The molecule has 0 spiro atoms. The van der Waals surface area contributed by atoms with E-state index in [1.807, 2.05) is 45.0 Å². The van der Waals surface area contributed by atoms with Crippen molar-refractivity contribution in [3.63, 3.8) is 0 Å². The Morgan fingerprint density at radius 3 is 2.33 bits per heavy atom. The molecule has 0 radical (unpaired) electrons. The molecule has 116 valence electrons. The molecule has 1 aliphatic carbocycles. The van der Waals surface area contributed by atoms with Gasteiger partial charge in [-0.2, -0.15) is 0 Å². The summed E-state index contributed by atoms with van der Waals surface area (Å²) in [5.41, 5.74) is 6.37. The van der Waals surface area contributed by atoms with E-state index in [0.29, 0.717) is 5.92 Å². The number of hydrogen-bond donors (Lipinski definition) is 2. The fourth-order valence-corrected chi connectivity index (χ4v) is 2.15. The molecule has 1 atom stereocenters. The molecular weight excluding hydrogens is 268 g/mol. The Labute approximate surface area is 126 Å². The highest BCUT2D eigenvalue weighted by atomic mass is 16.6. The van der Waals surface area contributed by atoms with E-state index < -0.39 is 11.7 Å². The van der Waals surface area contributed by atoms with Gasteiger partial charge in [-0.15, -0.1) is 0 Å². The van der Waals surface area contributed by atoms with Crippen LogP contribution >= 0.6 is 0 Å². The standard InChI is InChI=1S/C16H24N2O3/c1-16(2,3)21-15(19)18-17-14(11-5-6-11)12-7-9-13(20-4)10-8-12/h7-11,14,17H,5-6H2,1-4H3,(H,18,19). The van der Waals surface area contributed by atoms with Gasteiger partial charge in [0.05, 0.1) is 13.2 Å². The molecule has 5 heteroatoms. The third-order valence-electron chi connectivity index (χ3n) is 3.30. The Balaban J connectivity index is 1.94. The van der Waals surface area contributed by atoms with Crippen molar-refractivity contribution < 1.29 is 14.3 Å². The van der Waals surface area contributed by atoms with Crippen molar-refractivity contribution in [2.24, 2.45) is 5.92 Å². The molecule has 2 rings (SSSR count). The lowest BCUT2D eigenvalue weighted by molar-refractivity contribution is 0.0485. The van der Waals surface area contributed by atoms with Crippen LogP contribution in [0.1, 0.15) is 45.2 Å². The average Bonchev–Trinajstić information content (AvgIpc) is 3.22. The number of carbonyl (C=O) groups is 1. The normalized spacial score (nSPS) is 16.2. The van der Waals surface area contributed by atoms with Crippen LogP contribution in [-0.4, -0.2) is 18.8 Å². The summed E-state index contributed by atoms with van der Waals surface area (Å²) < 4.78 is 10.4. The maximum absolute atomic E-state index is 11.7. The SMILES string of the molecule is COc1ccc(C(NNC(=O)OC(C)(C)C)C2CC2)cc1. The smallest absolute Gasteiger partial charge is 0.422 e. The second kappa shape index (κ2) is 6.35. The van der Waals surface area contributed by atoms with E-state index in [9.17, 15) is 4.79 Å². The van der Waals surface area contributed by atoms with Crippen LogP contribution in [0.25, 0.3) is 0 Å². The van der Waals surface area contributed by atoms with Crippen LogP contribution in [0.5, 0.6) is 5.75 Å². The second-order valence-corrected chi connectivity index (χ2v) is 6.36. The first kappa shape index (κ1) is 15.6. The quantitative estimate of drug-likeness (QED) is 0.818. The summed E-state index contributed by atoms with van der Waals surface area (Å²) in [5, 5.41) is 0. The minimum absolute atomic E-state index is 0.100. The third-order valence-corrected chi connectivity index (χ3v) is 3.30. The number of hydrogen-bond acceptors (Lipinski definition) is 4. The number of rotatable bonds is 5. The minimum Gasteiger partial charge on any atom is -0.497 e. The van der Waals surface area contributed by atoms with Gasteiger partial charge in [-0.25, -0.2) is 10.2 Å². The number of nitrogens with one attached hydrogen (secondary N) is 2. The van der Waals surface area contributed by atoms with Crippen LogP contribution in [0, 0.1) is 5.92 Å². The first-order valence-corrected chi connectivity index (χ1v) is 7.27. The highest BCUT2D eigenvalue weighted by Crippen LogP contribution is 2.40. The van der Waals surface area contributed by atoms with Crippen molar-refractivity contribution in [2.45, 2.75) is 45.3 Å². The second-order valence-electron chi connectivity index (χ2n) is 6.36. The van der Waals surface area contributed by atoms with Gasteiger partial charge in [0, 0.05) is 0 Å². The predicted octanol–water partition coefficient (Wildman–Crippen LogP) is 3.18. The molecule has 5 nitrogen and oxygen atoms in total. The number of hydrazine groups is 1. The van der Waals surface area contributed by atoms with E-state index in [1.54, 1.807) is 7.11 Å². The number of amides is 1. The molecule has 1 aromatic carbocycles. The summed E-state index contributed by atoms with van der Waals surface area (Å²) in [6.45, 7) is 5.53. The van der Waals surface area contributed by atoms with Crippen molar-refractivity contribution in [3.05, 3.63) is 29.8 Å². The number of carbonyl (C=O) groups excluding carboxylic acids is 1. The number of benzene rings is 1. The van der Waals surface area contributed by atoms with E-state index in [2.05, 4.69) is 10.9 Å². The molecule has 0 saturated heterocycles. The van der Waals surface area contributed by atoms with Gasteiger partial charge in [-0.05, 0) is 57.2 Å². The number of ether oxygens (including phenoxy) is 2. The molecule has 0 aromatic heterocycles. The molecule has 2 N–H and O–H groups in total. The fraction of sp³-hybridized carbons (Fsp3) is 0.562. The van der Waals surface area contributed by atoms with Gasteiger partial charge < -0.3 is 9.47 Å². The van der Waals surface area contributed by atoms with E-state index in [0.717, 1.165) is 11.3 Å². The van der Waals surface area contributed by atoms with Crippen molar-refractivity contribution >= 4 is 6.09 Å². The van der Waals surface area contributed by atoms with Crippen LogP contribution in [-0.2, 0) is 4.74 Å². The summed E-state index contributed by atoms with van der Waals surface area (Å²) >= 11 is 0. The predicted molar refractivity (Wildman–Crippen MR) is 81.0 cm³/mol. The zero-order valence-electron chi connectivity index (χ0n) is 13.1. The molecule has 1 amide bonds. The first-order chi connectivity index (χ1) is 9.89. The van der Waals surface area contributed by atoms with E-state index >= 15 is 0 Å². The van der Waals surface area contributed by atoms with Gasteiger partial charge in [-0.1, -0.05) is 12.1 Å². The van der Waals surface area contributed by atoms with Crippen molar-refractivity contribution in [3.8, 4) is 5.75 Å². The van der Waals surface area contributed by atoms with Crippen LogP contribution < -0.4 is 15.6 Å². The molecule has 1 aliphatic rings. The molecule has 1 fully saturated rings. The molecule has 0 bridgehead atoms. The third kappa shape index (κ3) is 4.93. The van der Waals surface area contributed by atoms with E-state index in [4.69, 9.17) is 9.47 Å². The first-order valence-electron chi connectivity index (χ1n) is 7.27. The van der Waals surface area contributed by atoms with E-state index in [1.165, 1.54) is 12.8 Å². The molecule has 21 heavy (non-hydrogen) atoms. The van der Waals surface area contributed by atoms with E-state index in [-0.39, 0.29) is 6.04 Å². The highest BCUT2D eigenvalue weighted by molar-refractivity contribution is 5.67. The maximum atomic E-state index is 11.7. The van der Waals surface area contributed by atoms with Crippen molar-refractivity contribution in [1.82, 2.24) is 10.9 Å². The molecule has 0 heterocycles. The molecular formula is C16H24N2O3. The van der Waals surface area contributed by atoms with Gasteiger partial charge in [0.1, 0.15) is 11.4 Å². The van der Waals surface area contributed by atoms with Crippen molar-refractivity contribution in [2.75, 3.05) is 7.11 Å². The van der Waals surface area contributed by atoms with Gasteiger partial charge in [0.15, 0.2) is 0 Å². The van der Waals surface area contributed by atoms with Crippen LogP contribution in [0.15, 0.2) is 24.3 Å². The van der Waals surface area contributed by atoms with Crippen molar-refractivity contribution in [1.29, 1.82) is 0 Å². The van der Waals surface area contributed by atoms with Gasteiger partial charge in [-0.3, -0.25) is 5.43 Å². The summed E-state index contributed by atoms with van der Waals surface area (Å²) in [6, 6.07) is 8.00.